The third kappa shape index (κ3) is 3.93. The number of hydrogen-bond acceptors (Lipinski definition) is 3. The quantitative estimate of drug-likeness (QED) is 0.766. The summed E-state index contributed by atoms with van der Waals surface area (Å²) in [6.45, 7) is 1.68. The van der Waals surface area contributed by atoms with Crippen LogP contribution in [-0.2, 0) is 19.5 Å². The molecule has 5 nitrogen and oxygen atoms in total. The van der Waals surface area contributed by atoms with Crippen molar-refractivity contribution in [2.45, 2.75) is 19.5 Å². The summed E-state index contributed by atoms with van der Waals surface area (Å²) in [6.07, 6.45) is 2.36. The van der Waals surface area contributed by atoms with Crippen LogP contribution in [0.25, 0.3) is 0 Å². The molecule has 1 aliphatic heterocycles. The average molecular weight is 371 g/mol. The van der Waals surface area contributed by atoms with Gasteiger partial charge in [0.15, 0.2) is 0 Å². The van der Waals surface area contributed by atoms with E-state index in [-0.39, 0.29) is 17.5 Å². The molecule has 0 atom stereocenters. The summed E-state index contributed by atoms with van der Waals surface area (Å²) in [4.78, 5) is 31.3. The number of amides is 2. The average Bonchev–Trinajstić information content (AvgIpc) is 2.77. The topological polar surface area (TPSA) is 62.3 Å². The van der Waals surface area contributed by atoms with E-state index in [1.807, 2.05) is 47.4 Å². The first-order chi connectivity index (χ1) is 13.7. The Bertz CT molecular complexity index is 1000. The van der Waals surface area contributed by atoms with E-state index in [0.717, 1.165) is 12.0 Å². The maximum absolute atomic E-state index is 12.9. The number of aromatic nitrogens is 1. The van der Waals surface area contributed by atoms with Crippen LogP contribution in [0.1, 0.15) is 37.5 Å². The summed E-state index contributed by atoms with van der Waals surface area (Å²) in [6, 6.07) is 21.1. The van der Waals surface area contributed by atoms with Crippen LogP contribution in [0.2, 0.25) is 0 Å². The minimum absolute atomic E-state index is 0.0750. The molecule has 0 saturated heterocycles. The molecule has 140 valence electrons. The van der Waals surface area contributed by atoms with Gasteiger partial charge in [-0.05, 0) is 35.2 Å². The summed E-state index contributed by atoms with van der Waals surface area (Å²) in [5, 5.41) is 2.85. The normalized spacial score (nSPS) is 12.9. The molecule has 1 aliphatic rings. The molecular formula is C23H21N3O2. The lowest BCUT2D eigenvalue weighted by Crippen LogP contribution is -2.36. The van der Waals surface area contributed by atoms with Gasteiger partial charge in [-0.3, -0.25) is 14.6 Å². The number of hydrogen-bond donors (Lipinski definition) is 1. The SMILES string of the molecule is O=C(NCc1ccccc1)c1cc(C(=O)N2CCc3ccccc3C2)ccn1. The van der Waals surface area contributed by atoms with Crippen molar-refractivity contribution in [2.24, 2.45) is 0 Å². The Hall–Kier alpha value is -3.47. The Labute approximate surface area is 164 Å². The van der Waals surface area contributed by atoms with Crippen molar-refractivity contribution in [3.05, 3.63) is 101 Å². The van der Waals surface area contributed by atoms with Crippen molar-refractivity contribution in [2.75, 3.05) is 6.54 Å². The second-order valence-electron chi connectivity index (χ2n) is 6.84. The molecule has 0 spiro atoms. The fraction of sp³-hybridized carbons (Fsp3) is 0.174. The van der Waals surface area contributed by atoms with E-state index >= 15 is 0 Å². The van der Waals surface area contributed by atoms with E-state index < -0.39 is 0 Å². The van der Waals surface area contributed by atoms with E-state index in [0.29, 0.717) is 25.2 Å². The standard InChI is InChI=1S/C23H21N3O2/c27-22(25-15-17-6-2-1-3-7-17)21-14-19(10-12-24-21)23(28)26-13-11-18-8-4-5-9-20(18)16-26/h1-10,12,14H,11,13,15-16H2,(H,25,27). The van der Waals surface area contributed by atoms with E-state index in [2.05, 4.69) is 22.4 Å². The molecule has 0 unspecified atom stereocenters. The zero-order chi connectivity index (χ0) is 19.3. The molecule has 0 saturated carbocycles. The highest BCUT2D eigenvalue weighted by Crippen LogP contribution is 2.20. The highest BCUT2D eigenvalue weighted by molar-refractivity contribution is 5.98. The van der Waals surface area contributed by atoms with Crippen molar-refractivity contribution >= 4 is 11.8 Å². The van der Waals surface area contributed by atoms with Crippen molar-refractivity contribution in [3.63, 3.8) is 0 Å². The van der Waals surface area contributed by atoms with Gasteiger partial charge in [0.25, 0.3) is 11.8 Å². The van der Waals surface area contributed by atoms with Crippen LogP contribution in [0.4, 0.5) is 0 Å². The molecule has 4 rings (SSSR count). The lowest BCUT2D eigenvalue weighted by atomic mass is 9.99. The minimum atomic E-state index is -0.289. The summed E-state index contributed by atoms with van der Waals surface area (Å²) >= 11 is 0. The first-order valence-electron chi connectivity index (χ1n) is 9.35. The monoisotopic (exact) mass is 371 g/mol. The molecule has 0 aliphatic carbocycles. The molecule has 0 radical (unpaired) electrons. The minimum Gasteiger partial charge on any atom is -0.347 e. The van der Waals surface area contributed by atoms with Crippen LogP contribution in [-0.4, -0.2) is 28.2 Å². The maximum Gasteiger partial charge on any atom is 0.270 e. The largest absolute Gasteiger partial charge is 0.347 e. The van der Waals surface area contributed by atoms with Crippen LogP contribution in [0.3, 0.4) is 0 Å². The van der Waals surface area contributed by atoms with E-state index in [4.69, 9.17) is 0 Å². The molecule has 2 amide bonds. The van der Waals surface area contributed by atoms with Crippen molar-refractivity contribution in [3.8, 4) is 0 Å². The third-order valence-electron chi connectivity index (χ3n) is 4.95. The second kappa shape index (κ2) is 8.05. The van der Waals surface area contributed by atoms with E-state index in [1.54, 1.807) is 12.1 Å². The Morgan fingerprint density at radius 1 is 0.964 bits per heavy atom. The number of carbonyl (C=O) groups excluding carboxylic acids is 2. The predicted octanol–water partition coefficient (Wildman–Crippen LogP) is 3.21. The summed E-state index contributed by atoms with van der Waals surface area (Å²) in [5.41, 5.74) is 4.22. The Balaban J connectivity index is 1.44. The molecule has 5 heteroatoms. The van der Waals surface area contributed by atoms with Crippen LogP contribution >= 0.6 is 0 Å². The smallest absolute Gasteiger partial charge is 0.270 e. The molecular weight excluding hydrogens is 350 g/mol. The van der Waals surface area contributed by atoms with Gasteiger partial charge in [-0.25, -0.2) is 0 Å². The second-order valence-corrected chi connectivity index (χ2v) is 6.84. The Morgan fingerprint density at radius 2 is 1.71 bits per heavy atom. The van der Waals surface area contributed by atoms with Gasteiger partial charge in [-0.15, -0.1) is 0 Å². The Morgan fingerprint density at radius 3 is 2.54 bits per heavy atom. The van der Waals surface area contributed by atoms with Crippen molar-refractivity contribution < 1.29 is 9.59 Å². The Kier molecular flexibility index (Phi) is 5.15. The van der Waals surface area contributed by atoms with Gasteiger partial charge in [0.05, 0.1) is 0 Å². The molecule has 28 heavy (non-hydrogen) atoms. The number of carbonyl (C=O) groups is 2. The van der Waals surface area contributed by atoms with Gasteiger partial charge in [-0.2, -0.15) is 0 Å². The summed E-state index contributed by atoms with van der Waals surface area (Å²) in [7, 11) is 0. The highest BCUT2D eigenvalue weighted by Gasteiger charge is 2.22. The highest BCUT2D eigenvalue weighted by atomic mass is 16.2. The number of pyridine rings is 1. The molecule has 0 bridgehead atoms. The number of benzene rings is 2. The molecule has 0 fully saturated rings. The fourth-order valence-electron chi connectivity index (χ4n) is 3.41. The van der Waals surface area contributed by atoms with Crippen LogP contribution in [0.5, 0.6) is 0 Å². The molecule has 2 aromatic carbocycles. The van der Waals surface area contributed by atoms with Gasteiger partial charge >= 0.3 is 0 Å². The summed E-state index contributed by atoms with van der Waals surface area (Å²) in [5.74, 6) is -0.364. The number of nitrogens with zero attached hydrogens (tertiary/aromatic N) is 2. The van der Waals surface area contributed by atoms with E-state index in [9.17, 15) is 9.59 Å². The number of fused-ring (bicyclic) bond motifs is 1. The molecule has 3 aromatic rings. The maximum atomic E-state index is 12.9. The molecule has 1 aromatic heterocycles. The number of nitrogens with one attached hydrogen (secondary N) is 1. The number of rotatable bonds is 4. The van der Waals surface area contributed by atoms with Crippen molar-refractivity contribution in [1.82, 2.24) is 15.2 Å². The van der Waals surface area contributed by atoms with Gasteiger partial charge in [0, 0.05) is 31.4 Å². The van der Waals surface area contributed by atoms with E-state index in [1.165, 1.54) is 17.3 Å². The van der Waals surface area contributed by atoms with Gasteiger partial charge in [0.1, 0.15) is 5.69 Å². The van der Waals surface area contributed by atoms with Crippen LogP contribution < -0.4 is 5.32 Å². The first-order valence-corrected chi connectivity index (χ1v) is 9.35. The lowest BCUT2D eigenvalue weighted by molar-refractivity contribution is 0.0734. The fourth-order valence-corrected chi connectivity index (χ4v) is 3.41. The zero-order valence-corrected chi connectivity index (χ0v) is 15.5. The van der Waals surface area contributed by atoms with Gasteiger partial charge in [0.2, 0.25) is 0 Å². The lowest BCUT2D eigenvalue weighted by Gasteiger charge is -2.29. The predicted molar refractivity (Wildman–Crippen MR) is 107 cm³/mol. The van der Waals surface area contributed by atoms with Gasteiger partial charge < -0.3 is 10.2 Å². The molecule has 1 N–H and O–H groups in total. The van der Waals surface area contributed by atoms with Gasteiger partial charge in [-0.1, -0.05) is 54.6 Å². The van der Waals surface area contributed by atoms with Crippen molar-refractivity contribution in [1.29, 1.82) is 0 Å². The van der Waals surface area contributed by atoms with Crippen LogP contribution in [0, 0.1) is 0 Å². The molecule has 2 heterocycles. The zero-order valence-electron chi connectivity index (χ0n) is 15.5. The first kappa shape index (κ1) is 17.9. The summed E-state index contributed by atoms with van der Waals surface area (Å²) < 4.78 is 0. The third-order valence-corrected chi connectivity index (χ3v) is 4.95. The van der Waals surface area contributed by atoms with Crippen LogP contribution in [0.15, 0.2) is 72.9 Å².